The molecule has 2 nitrogen and oxygen atoms in total. The second-order valence-corrected chi connectivity index (χ2v) is 4.17. The highest BCUT2D eigenvalue weighted by Gasteiger charge is 2.36. The molecular formula is C12H16ClNO. The van der Waals surface area contributed by atoms with Gasteiger partial charge in [-0.2, -0.15) is 0 Å². The number of rotatable bonds is 1. The lowest BCUT2D eigenvalue weighted by atomic mass is 10.0. The van der Waals surface area contributed by atoms with Crippen molar-refractivity contribution < 1.29 is 4.74 Å². The summed E-state index contributed by atoms with van der Waals surface area (Å²) in [6, 6.07) is 11.0. The molecule has 3 unspecified atom stereocenters. The Balaban J connectivity index is 0.000000853. The third-order valence-electron chi connectivity index (χ3n) is 3.24. The van der Waals surface area contributed by atoms with E-state index in [9.17, 15) is 0 Å². The predicted molar refractivity (Wildman–Crippen MR) is 62.3 cm³/mol. The number of halogens is 1. The van der Waals surface area contributed by atoms with Crippen LogP contribution in [0.3, 0.4) is 0 Å². The lowest BCUT2D eigenvalue weighted by Gasteiger charge is -2.30. The van der Waals surface area contributed by atoms with Gasteiger partial charge in [0.05, 0.1) is 18.2 Å². The molecule has 0 saturated carbocycles. The Morgan fingerprint density at radius 3 is 2.73 bits per heavy atom. The molecule has 2 fully saturated rings. The van der Waals surface area contributed by atoms with Crippen molar-refractivity contribution >= 4 is 12.4 Å². The van der Waals surface area contributed by atoms with Gasteiger partial charge < -0.3 is 10.1 Å². The van der Waals surface area contributed by atoms with Crippen molar-refractivity contribution in [3.63, 3.8) is 0 Å². The Morgan fingerprint density at radius 2 is 1.93 bits per heavy atom. The van der Waals surface area contributed by atoms with Gasteiger partial charge in [0.15, 0.2) is 0 Å². The van der Waals surface area contributed by atoms with E-state index in [-0.39, 0.29) is 12.4 Å². The molecule has 15 heavy (non-hydrogen) atoms. The van der Waals surface area contributed by atoms with Gasteiger partial charge in [0, 0.05) is 6.54 Å². The molecule has 0 aromatic heterocycles. The first kappa shape index (κ1) is 10.9. The number of benzene rings is 1. The molecule has 3 heteroatoms. The van der Waals surface area contributed by atoms with E-state index in [1.807, 2.05) is 0 Å². The summed E-state index contributed by atoms with van der Waals surface area (Å²) in [4.78, 5) is 0. The van der Waals surface area contributed by atoms with Gasteiger partial charge >= 0.3 is 0 Å². The van der Waals surface area contributed by atoms with Crippen molar-refractivity contribution in [3.05, 3.63) is 35.9 Å². The Hall–Kier alpha value is -0.570. The average Bonchev–Trinajstić information content (AvgIpc) is 2.62. The third kappa shape index (κ3) is 2.03. The van der Waals surface area contributed by atoms with Crippen LogP contribution in [0.4, 0.5) is 0 Å². The molecule has 0 amide bonds. The van der Waals surface area contributed by atoms with Crippen molar-refractivity contribution in [1.29, 1.82) is 0 Å². The maximum atomic E-state index is 5.90. The largest absolute Gasteiger partial charge is 0.372 e. The average molecular weight is 226 g/mol. The number of hydrogen-bond donors (Lipinski definition) is 1. The Labute approximate surface area is 96.4 Å². The minimum atomic E-state index is 0. The Kier molecular flexibility index (Phi) is 3.29. The van der Waals surface area contributed by atoms with Crippen LogP contribution < -0.4 is 5.32 Å². The van der Waals surface area contributed by atoms with E-state index in [1.165, 1.54) is 18.4 Å². The van der Waals surface area contributed by atoms with Gasteiger partial charge in [0.1, 0.15) is 0 Å². The zero-order chi connectivity index (χ0) is 9.38. The van der Waals surface area contributed by atoms with Crippen LogP contribution in [0.15, 0.2) is 30.3 Å². The van der Waals surface area contributed by atoms with Crippen LogP contribution in [0.1, 0.15) is 24.4 Å². The maximum absolute atomic E-state index is 5.90. The molecule has 0 aliphatic carbocycles. The fourth-order valence-corrected chi connectivity index (χ4v) is 2.51. The molecular weight excluding hydrogens is 210 g/mol. The molecule has 0 radical (unpaired) electrons. The van der Waals surface area contributed by atoms with Crippen molar-refractivity contribution in [2.45, 2.75) is 31.1 Å². The van der Waals surface area contributed by atoms with Crippen molar-refractivity contribution in [2.75, 3.05) is 6.54 Å². The zero-order valence-corrected chi connectivity index (χ0v) is 9.37. The highest BCUT2D eigenvalue weighted by Crippen LogP contribution is 2.33. The number of nitrogens with one attached hydrogen (secondary N) is 1. The fourth-order valence-electron chi connectivity index (χ4n) is 2.51. The molecule has 2 heterocycles. The van der Waals surface area contributed by atoms with Crippen molar-refractivity contribution in [3.8, 4) is 0 Å². The predicted octanol–water partition coefficient (Wildman–Crippen LogP) is 2.30. The minimum Gasteiger partial charge on any atom is -0.372 e. The molecule has 1 N–H and O–H groups in total. The maximum Gasteiger partial charge on any atom is 0.0775 e. The molecule has 0 spiro atoms. The summed E-state index contributed by atoms with van der Waals surface area (Å²) in [5.41, 5.74) is 1.36. The Morgan fingerprint density at radius 1 is 1.13 bits per heavy atom. The summed E-state index contributed by atoms with van der Waals surface area (Å²) in [5.74, 6) is 0. The van der Waals surface area contributed by atoms with Gasteiger partial charge in [-0.05, 0) is 18.4 Å². The van der Waals surface area contributed by atoms with Crippen LogP contribution in [0.25, 0.3) is 0 Å². The van der Waals surface area contributed by atoms with Gasteiger partial charge in [-0.1, -0.05) is 30.3 Å². The van der Waals surface area contributed by atoms with Crippen LogP contribution in [0.5, 0.6) is 0 Å². The zero-order valence-electron chi connectivity index (χ0n) is 8.56. The first-order valence-corrected chi connectivity index (χ1v) is 5.37. The van der Waals surface area contributed by atoms with Crippen LogP contribution in [-0.2, 0) is 4.74 Å². The smallest absolute Gasteiger partial charge is 0.0775 e. The first-order chi connectivity index (χ1) is 6.93. The monoisotopic (exact) mass is 225 g/mol. The van der Waals surface area contributed by atoms with E-state index in [0.29, 0.717) is 18.2 Å². The summed E-state index contributed by atoms with van der Waals surface area (Å²) in [6.45, 7) is 1.01. The van der Waals surface area contributed by atoms with Crippen LogP contribution >= 0.6 is 12.4 Å². The van der Waals surface area contributed by atoms with Gasteiger partial charge in [-0.25, -0.2) is 0 Å². The molecule has 1 aromatic rings. The standard InChI is InChI=1S/C12H15NO.ClH/c1-2-4-9(5-3-1)12-11-7-6-10(14-11)8-13-12;/h1-5,10-13H,6-8H2;1H. The molecule has 3 atom stereocenters. The summed E-state index contributed by atoms with van der Waals surface area (Å²) >= 11 is 0. The number of hydrogen-bond acceptors (Lipinski definition) is 2. The van der Waals surface area contributed by atoms with Crippen molar-refractivity contribution in [2.24, 2.45) is 0 Å². The van der Waals surface area contributed by atoms with E-state index in [2.05, 4.69) is 35.6 Å². The number of fused-ring (bicyclic) bond motifs is 2. The van der Waals surface area contributed by atoms with Crippen LogP contribution in [-0.4, -0.2) is 18.8 Å². The summed E-state index contributed by atoms with van der Waals surface area (Å²) in [7, 11) is 0. The van der Waals surface area contributed by atoms with E-state index < -0.39 is 0 Å². The molecule has 2 aliphatic rings. The fraction of sp³-hybridized carbons (Fsp3) is 0.500. The van der Waals surface area contributed by atoms with Crippen LogP contribution in [0.2, 0.25) is 0 Å². The molecule has 3 rings (SSSR count). The molecule has 2 aliphatic heterocycles. The molecule has 2 bridgehead atoms. The molecule has 1 aromatic carbocycles. The normalized spacial score (nSPS) is 33.5. The van der Waals surface area contributed by atoms with E-state index in [0.717, 1.165) is 6.54 Å². The quantitative estimate of drug-likeness (QED) is 0.792. The van der Waals surface area contributed by atoms with Gasteiger partial charge in [-0.15, -0.1) is 12.4 Å². The van der Waals surface area contributed by atoms with Crippen molar-refractivity contribution in [1.82, 2.24) is 5.32 Å². The summed E-state index contributed by atoms with van der Waals surface area (Å²) in [5, 5.41) is 3.57. The summed E-state index contributed by atoms with van der Waals surface area (Å²) < 4.78 is 5.90. The van der Waals surface area contributed by atoms with Gasteiger partial charge in [-0.3, -0.25) is 0 Å². The topological polar surface area (TPSA) is 21.3 Å². The number of ether oxygens (including phenoxy) is 1. The second kappa shape index (κ2) is 4.52. The van der Waals surface area contributed by atoms with Gasteiger partial charge in [0.2, 0.25) is 0 Å². The minimum absolute atomic E-state index is 0. The lowest BCUT2D eigenvalue weighted by molar-refractivity contribution is -0.0111. The van der Waals surface area contributed by atoms with E-state index in [1.54, 1.807) is 0 Å². The summed E-state index contributed by atoms with van der Waals surface area (Å²) in [6.07, 6.45) is 3.30. The third-order valence-corrected chi connectivity index (χ3v) is 3.24. The molecule has 82 valence electrons. The van der Waals surface area contributed by atoms with E-state index >= 15 is 0 Å². The lowest BCUT2D eigenvalue weighted by Crippen LogP contribution is -2.41. The van der Waals surface area contributed by atoms with Crippen LogP contribution in [0, 0.1) is 0 Å². The Bertz CT molecular complexity index is 317. The second-order valence-electron chi connectivity index (χ2n) is 4.17. The highest BCUT2D eigenvalue weighted by atomic mass is 35.5. The van der Waals surface area contributed by atoms with Gasteiger partial charge in [0.25, 0.3) is 0 Å². The number of morpholine rings is 1. The first-order valence-electron chi connectivity index (χ1n) is 5.37. The molecule has 2 saturated heterocycles. The highest BCUT2D eigenvalue weighted by molar-refractivity contribution is 5.85. The SMILES string of the molecule is Cl.c1ccc(C2NCC3CCC2O3)cc1. The van der Waals surface area contributed by atoms with E-state index in [4.69, 9.17) is 4.74 Å².